The van der Waals surface area contributed by atoms with Crippen molar-refractivity contribution in [2.75, 3.05) is 20.2 Å². The largest absolute Gasteiger partial charge is 0.497 e. The Balaban J connectivity index is 1.41. The third-order valence-corrected chi connectivity index (χ3v) is 7.88. The van der Waals surface area contributed by atoms with Gasteiger partial charge in [0.15, 0.2) is 5.76 Å². The highest BCUT2D eigenvalue weighted by Crippen LogP contribution is 2.32. The molecule has 35 heavy (non-hydrogen) atoms. The summed E-state index contributed by atoms with van der Waals surface area (Å²) in [6.07, 6.45) is 1.90. The van der Waals surface area contributed by atoms with Crippen LogP contribution in [0.1, 0.15) is 42.9 Å². The number of fused-ring (bicyclic) bond motifs is 1. The summed E-state index contributed by atoms with van der Waals surface area (Å²) in [5.41, 5.74) is 2.27. The lowest BCUT2D eigenvalue weighted by Gasteiger charge is -2.34. The van der Waals surface area contributed by atoms with E-state index in [1.54, 1.807) is 7.11 Å². The number of ether oxygens (including phenoxy) is 1. The van der Waals surface area contributed by atoms with Crippen LogP contribution >= 0.6 is 22.9 Å². The molecule has 9 heteroatoms. The summed E-state index contributed by atoms with van der Waals surface area (Å²) in [6.45, 7) is 6.84. The van der Waals surface area contributed by atoms with Crippen LogP contribution in [0.5, 0.6) is 5.75 Å². The van der Waals surface area contributed by atoms with Crippen LogP contribution in [-0.4, -0.2) is 52.8 Å². The number of likely N-dealkylation sites (tertiary alicyclic amines) is 1. The fraction of sp³-hybridized carbons (Fsp3) is 0.385. The molecule has 0 unspecified atom stereocenters. The lowest BCUT2D eigenvalue weighted by Crippen LogP contribution is -2.46. The monoisotopic (exact) mass is 512 g/mol. The second kappa shape index (κ2) is 10.0. The lowest BCUT2D eigenvalue weighted by atomic mass is 10.0. The average Bonchev–Trinajstić information content (AvgIpc) is 3.58. The number of benzene rings is 1. The van der Waals surface area contributed by atoms with Gasteiger partial charge in [0.2, 0.25) is 0 Å². The number of rotatable bonds is 7. The summed E-state index contributed by atoms with van der Waals surface area (Å²) in [6, 6.07) is 14.1. The van der Waals surface area contributed by atoms with Crippen molar-refractivity contribution in [1.82, 2.24) is 19.9 Å². The molecule has 0 atom stereocenters. The Hall–Kier alpha value is -2.81. The SMILES string of the molecule is COc1ccc2c(c1)cc(C(=O)NC1CCN(C(C)C)CC1)n2Cc1cc(-c2ccc(Cl)s2)on1. The molecule has 0 saturated carbocycles. The van der Waals surface area contributed by atoms with Crippen LogP contribution in [0, 0.1) is 0 Å². The smallest absolute Gasteiger partial charge is 0.268 e. The molecule has 0 spiro atoms. The van der Waals surface area contributed by atoms with Gasteiger partial charge >= 0.3 is 0 Å². The summed E-state index contributed by atoms with van der Waals surface area (Å²) in [4.78, 5) is 16.8. The topological polar surface area (TPSA) is 72.5 Å². The Bertz CT molecular complexity index is 1330. The fourth-order valence-electron chi connectivity index (χ4n) is 4.67. The Labute approximate surface area is 213 Å². The van der Waals surface area contributed by atoms with Gasteiger partial charge in [-0.05, 0) is 63.1 Å². The summed E-state index contributed by atoms with van der Waals surface area (Å²) in [5, 5.41) is 8.48. The molecular weight excluding hydrogens is 484 g/mol. The van der Waals surface area contributed by atoms with Crippen molar-refractivity contribution < 1.29 is 14.1 Å². The van der Waals surface area contributed by atoms with Crippen LogP contribution in [0.3, 0.4) is 0 Å². The number of nitrogens with zero attached hydrogens (tertiary/aromatic N) is 3. The van der Waals surface area contributed by atoms with E-state index in [-0.39, 0.29) is 11.9 Å². The summed E-state index contributed by atoms with van der Waals surface area (Å²) < 4.78 is 13.7. The van der Waals surface area contributed by atoms with Gasteiger partial charge in [-0.2, -0.15) is 0 Å². The Morgan fingerprint density at radius 2 is 2.03 bits per heavy atom. The zero-order chi connectivity index (χ0) is 24.5. The second-order valence-electron chi connectivity index (χ2n) is 9.20. The van der Waals surface area contributed by atoms with Gasteiger partial charge in [-0.15, -0.1) is 11.3 Å². The molecule has 1 amide bonds. The molecule has 1 fully saturated rings. The Kier molecular flexibility index (Phi) is 6.86. The predicted octanol–water partition coefficient (Wildman–Crippen LogP) is 5.67. The van der Waals surface area contributed by atoms with Gasteiger partial charge in [0, 0.05) is 42.1 Å². The first kappa shape index (κ1) is 23.9. The number of nitrogens with one attached hydrogen (secondary N) is 1. The summed E-state index contributed by atoms with van der Waals surface area (Å²) in [7, 11) is 1.64. The van der Waals surface area contributed by atoms with Crippen LogP contribution < -0.4 is 10.1 Å². The van der Waals surface area contributed by atoms with Gasteiger partial charge in [-0.1, -0.05) is 16.8 Å². The van der Waals surface area contributed by atoms with Crippen molar-refractivity contribution >= 4 is 39.7 Å². The van der Waals surface area contributed by atoms with E-state index >= 15 is 0 Å². The van der Waals surface area contributed by atoms with E-state index in [1.807, 2.05) is 47.0 Å². The maximum atomic E-state index is 13.5. The van der Waals surface area contributed by atoms with E-state index in [4.69, 9.17) is 20.9 Å². The van der Waals surface area contributed by atoms with E-state index in [0.29, 0.717) is 28.4 Å². The highest BCUT2D eigenvalue weighted by atomic mass is 35.5. The zero-order valence-electron chi connectivity index (χ0n) is 20.1. The van der Waals surface area contributed by atoms with Crippen LogP contribution in [0.15, 0.2) is 47.0 Å². The summed E-state index contributed by atoms with van der Waals surface area (Å²) >= 11 is 7.52. The first-order valence-electron chi connectivity index (χ1n) is 11.8. The maximum Gasteiger partial charge on any atom is 0.268 e. The van der Waals surface area contributed by atoms with E-state index < -0.39 is 0 Å². The lowest BCUT2D eigenvalue weighted by molar-refractivity contribution is 0.0892. The Morgan fingerprint density at radius 1 is 1.23 bits per heavy atom. The molecule has 1 N–H and O–H groups in total. The zero-order valence-corrected chi connectivity index (χ0v) is 21.7. The van der Waals surface area contributed by atoms with Crippen molar-refractivity contribution in [2.45, 2.75) is 45.3 Å². The van der Waals surface area contributed by atoms with Gasteiger partial charge in [0.05, 0.1) is 22.9 Å². The van der Waals surface area contributed by atoms with E-state index in [1.165, 1.54) is 11.3 Å². The minimum Gasteiger partial charge on any atom is -0.497 e. The fourth-order valence-corrected chi connectivity index (χ4v) is 5.66. The average molecular weight is 513 g/mol. The molecule has 4 heterocycles. The van der Waals surface area contributed by atoms with Gasteiger partial charge < -0.3 is 24.0 Å². The van der Waals surface area contributed by atoms with Gasteiger partial charge in [0.1, 0.15) is 17.1 Å². The number of carbonyl (C=O) groups is 1. The minimum absolute atomic E-state index is 0.0723. The molecule has 0 aliphatic carbocycles. The van der Waals surface area contributed by atoms with Crippen LogP contribution in [-0.2, 0) is 6.54 Å². The number of methoxy groups -OCH3 is 1. The first-order chi connectivity index (χ1) is 16.9. The third-order valence-electron chi connectivity index (χ3n) is 6.63. The number of amides is 1. The molecule has 1 aliphatic heterocycles. The molecule has 7 nitrogen and oxygen atoms in total. The van der Waals surface area contributed by atoms with Crippen molar-refractivity contribution in [3.05, 3.63) is 58.2 Å². The number of halogens is 1. The molecule has 1 aliphatic rings. The number of hydrogen-bond acceptors (Lipinski definition) is 6. The molecule has 0 bridgehead atoms. The number of carbonyl (C=O) groups excluding carboxylic acids is 1. The van der Waals surface area contributed by atoms with Crippen molar-refractivity contribution in [1.29, 1.82) is 0 Å². The minimum atomic E-state index is -0.0723. The molecule has 1 aromatic carbocycles. The van der Waals surface area contributed by atoms with Crippen LogP contribution in [0.4, 0.5) is 0 Å². The van der Waals surface area contributed by atoms with Gasteiger partial charge in [-0.25, -0.2) is 0 Å². The van der Waals surface area contributed by atoms with Gasteiger partial charge in [0.25, 0.3) is 5.91 Å². The van der Waals surface area contributed by atoms with E-state index in [9.17, 15) is 4.79 Å². The standard InChI is InChI=1S/C26H29ClN4O3S/c1-16(2)30-10-8-18(9-11-30)28-26(32)22-13-17-12-20(33-3)4-5-21(17)31(22)15-19-14-23(34-29-19)24-6-7-25(27)35-24/h4-7,12-14,16,18H,8-11,15H2,1-3H3,(H,28,32). The predicted molar refractivity (Wildman–Crippen MR) is 140 cm³/mol. The molecule has 5 rings (SSSR count). The normalized spacial score (nSPS) is 15.2. The van der Waals surface area contributed by atoms with Gasteiger partial charge in [-0.3, -0.25) is 4.79 Å². The van der Waals surface area contributed by atoms with E-state index in [0.717, 1.165) is 53.2 Å². The number of piperidine rings is 1. The quantitative estimate of drug-likeness (QED) is 0.345. The summed E-state index contributed by atoms with van der Waals surface area (Å²) in [5.74, 6) is 1.34. The first-order valence-corrected chi connectivity index (χ1v) is 13.0. The molecule has 3 aromatic heterocycles. The van der Waals surface area contributed by atoms with Crippen molar-refractivity contribution in [3.8, 4) is 16.4 Å². The van der Waals surface area contributed by atoms with Crippen LogP contribution in [0.25, 0.3) is 21.5 Å². The number of hydrogen-bond donors (Lipinski definition) is 1. The highest BCUT2D eigenvalue weighted by molar-refractivity contribution is 7.19. The number of aromatic nitrogens is 2. The third kappa shape index (κ3) is 5.10. The molecule has 184 valence electrons. The molecule has 1 saturated heterocycles. The second-order valence-corrected chi connectivity index (χ2v) is 10.9. The molecule has 4 aromatic rings. The maximum absolute atomic E-state index is 13.5. The van der Waals surface area contributed by atoms with Crippen molar-refractivity contribution in [3.63, 3.8) is 0 Å². The van der Waals surface area contributed by atoms with E-state index in [2.05, 4.69) is 29.2 Å². The molecule has 0 radical (unpaired) electrons. The Morgan fingerprint density at radius 3 is 2.71 bits per heavy atom. The highest BCUT2D eigenvalue weighted by Gasteiger charge is 2.25. The molecular formula is C26H29ClN4O3S. The van der Waals surface area contributed by atoms with Crippen LogP contribution in [0.2, 0.25) is 4.34 Å². The van der Waals surface area contributed by atoms with Crippen molar-refractivity contribution in [2.24, 2.45) is 0 Å². The number of thiophene rings is 1.